The Morgan fingerprint density at radius 2 is 2.12 bits per heavy atom. The van der Waals surface area contributed by atoms with Crippen molar-refractivity contribution in [2.75, 3.05) is 0 Å². The van der Waals surface area contributed by atoms with Gasteiger partial charge in [0.15, 0.2) is 0 Å². The average Bonchev–Trinajstić information content (AvgIpc) is 2.65. The third-order valence-electron chi connectivity index (χ3n) is 1.81. The van der Waals surface area contributed by atoms with E-state index in [9.17, 15) is 23.1 Å². The summed E-state index contributed by atoms with van der Waals surface area (Å²) in [6, 6.07) is -0.283. The predicted molar refractivity (Wildman–Crippen MR) is 57.6 cm³/mol. The lowest BCUT2D eigenvalue weighted by Gasteiger charge is -2.13. The Kier molecular flexibility index (Phi) is 3.86. The van der Waals surface area contributed by atoms with Crippen molar-refractivity contribution in [2.45, 2.75) is 17.9 Å². The molecule has 0 radical (unpaired) electrons. The fourth-order valence-corrected chi connectivity index (χ4v) is 3.26. The molecule has 0 fully saturated rings. The van der Waals surface area contributed by atoms with E-state index in [1.54, 1.807) is 0 Å². The van der Waals surface area contributed by atoms with Gasteiger partial charge in [-0.1, -0.05) is 0 Å². The highest BCUT2D eigenvalue weighted by Gasteiger charge is 2.20. The summed E-state index contributed by atoms with van der Waals surface area (Å²) in [5.74, 6) is -2.29. The van der Waals surface area contributed by atoms with Crippen LogP contribution >= 0.6 is 11.3 Å². The first-order chi connectivity index (χ1) is 7.74. The maximum atomic E-state index is 11.6. The van der Waals surface area contributed by atoms with Crippen LogP contribution in [0, 0.1) is 0 Å². The Morgan fingerprint density at radius 1 is 1.53 bits per heavy atom. The van der Waals surface area contributed by atoms with Gasteiger partial charge in [0, 0.05) is 5.38 Å². The fourth-order valence-electron chi connectivity index (χ4n) is 0.938. The second-order valence-corrected chi connectivity index (χ2v) is 5.80. The van der Waals surface area contributed by atoms with Crippen LogP contribution in [0.2, 0.25) is 0 Å². The highest BCUT2D eigenvalue weighted by atomic mass is 32.2. The molecule has 0 aliphatic rings. The highest BCUT2D eigenvalue weighted by Crippen LogP contribution is 2.18. The van der Waals surface area contributed by atoms with Gasteiger partial charge in [-0.25, -0.2) is 13.1 Å². The third kappa shape index (κ3) is 3.25. The molecule has 0 aliphatic carbocycles. The minimum atomic E-state index is -3.99. The van der Waals surface area contributed by atoms with Crippen molar-refractivity contribution in [2.24, 2.45) is 5.73 Å². The number of carbonyl (C=O) groups is 2. The van der Waals surface area contributed by atoms with E-state index in [1.807, 2.05) is 4.72 Å². The number of carboxylic acid groups (broad SMARTS) is 1. The van der Waals surface area contributed by atoms with Crippen LogP contribution in [0.3, 0.4) is 0 Å². The first kappa shape index (κ1) is 13.6. The van der Waals surface area contributed by atoms with E-state index in [2.05, 4.69) is 0 Å². The Labute approximate surface area is 101 Å². The van der Waals surface area contributed by atoms with Crippen molar-refractivity contribution in [3.05, 3.63) is 16.3 Å². The zero-order valence-electron chi connectivity index (χ0n) is 8.67. The van der Waals surface area contributed by atoms with Crippen molar-refractivity contribution in [3.8, 4) is 0 Å². The molecule has 0 bridgehead atoms. The van der Waals surface area contributed by atoms with Crippen LogP contribution < -0.4 is 15.6 Å². The van der Waals surface area contributed by atoms with E-state index in [0.717, 1.165) is 24.3 Å². The largest absolute Gasteiger partial charge is 0.548 e. The van der Waals surface area contributed by atoms with Crippen LogP contribution in [0.4, 0.5) is 0 Å². The lowest BCUT2D eigenvalue weighted by Crippen LogP contribution is -2.45. The molecule has 9 heteroatoms. The molecule has 3 N–H and O–H groups in total. The number of aliphatic carboxylic acids is 1. The summed E-state index contributed by atoms with van der Waals surface area (Å²) >= 11 is 0.863. The molecule has 1 rings (SSSR count). The van der Waals surface area contributed by atoms with Gasteiger partial charge in [-0.05, 0) is 13.0 Å². The number of carboxylic acids is 1. The summed E-state index contributed by atoms with van der Waals surface area (Å²) < 4.78 is 25.2. The second kappa shape index (κ2) is 4.82. The molecule has 1 heterocycles. The number of thiophene rings is 1. The van der Waals surface area contributed by atoms with E-state index in [4.69, 9.17) is 5.73 Å². The lowest BCUT2D eigenvalue weighted by atomic mass is 10.4. The molecule has 94 valence electrons. The van der Waals surface area contributed by atoms with Gasteiger partial charge in [-0.2, -0.15) is 0 Å². The maximum absolute atomic E-state index is 11.6. The number of nitrogens with one attached hydrogen (secondary N) is 1. The highest BCUT2D eigenvalue weighted by molar-refractivity contribution is 7.89. The van der Waals surface area contributed by atoms with E-state index < -0.39 is 27.9 Å². The lowest BCUT2D eigenvalue weighted by molar-refractivity contribution is -0.307. The smallest absolute Gasteiger partial charge is 0.258 e. The van der Waals surface area contributed by atoms with Crippen molar-refractivity contribution in [1.29, 1.82) is 0 Å². The van der Waals surface area contributed by atoms with Crippen LogP contribution in [0.15, 0.2) is 16.3 Å². The molecule has 1 aromatic heterocycles. The van der Waals surface area contributed by atoms with Crippen LogP contribution in [0.1, 0.15) is 16.6 Å². The van der Waals surface area contributed by atoms with E-state index in [-0.39, 0.29) is 9.77 Å². The Morgan fingerprint density at radius 3 is 2.53 bits per heavy atom. The molecule has 0 saturated carbocycles. The summed E-state index contributed by atoms with van der Waals surface area (Å²) in [4.78, 5) is 21.1. The number of amides is 1. The van der Waals surface area contributed by atoms with E-state index in [0.29, 0.717) is 0 Å². The van der Waals surface area contributed by atoms with Gasteiger partial charge in [-0.3, -0.25) is 4.79 Å². The molecule has 0 unspecified atom stereocenters. The molecule has 0 spiro atoms. The summed E-state index contributed by atoms with van der Waals surface area (Å²) in [6.07, 6.45) is 0. The van der Waals surface area contributed by atoms with Gasteiger partial charge in [0.05, 0.1) is 21.8 Å². The van der Waals surface area contributed by atoms with Crippen molar-refractivity contribution < 1.29 is 23.1 Å². The molecule has 1 amide bonds. The number of primary amides is 1. The minimum Gasteiger partial charge on any atom is -0.548 e. The normalized spacial score (nSPS) is 13.2. The quantitative estimate of drug-likeness (QED) is 0.660. The van der Waals surface area contributed by atoms with Crippen molar-refractivity contribution in [3.63, 3.8) is 0 Å². The van der Waals surface area contributed by atoms with Gasteiger partial charge >= 0.3 is 0 Å². The molecule has 0 saturated heterocycles. The number of hydrogen-bond donors (Lipinski definition) is 2. The third-order valence-corrected chi connectivity index (χ3v) is 4.43. The first-order valence-corrected chi connectivity index (χ1v) is 6.72. The van der Waals surface area contributed by atoms with Gasteiger partial charge < -0.3 is 15.6 Å². The van der Waals surface area contributed by atoms with E-state index >= 15 is 0 Å². The van der Waals surface area contributed by atoms with E-state index in [1.165, 1.54) is 5.38 Å². The molecule has 1 aromatic rings. The summed E-state index contributed by atoms with van der Waals surface area (Å²) in [7, 11) is -3.99. The summed E-state index contributed by atoms with van der Waals surface area (Å²) in [6.45, 7) is 1.13. The van der Waals surface area contributed by atoms with Crippen LogP contribution in [-0.2, 0) is 14.8 Å². The van der Waals surface area contributed by atoms with Gasteiger partial charge in [0.2, 0.25) is 10.0 Å². The molecular formula is C8H9N2O5S2-. The number of rotatable bonds is 5. The van der Waals surface area contributed by atoms with Crippen LogP contribution in [0.5, 0.6) is 0 Å². The first-order valence-electron chi connectivity index (χ1n) is 4.35. The Hall–Kier alpha value is -1.45. The number of hydrogen-bond acceptors (Lipinski definition) is 6. The second-order valence-electron chi connectivity index (χ2n) is 3.17. The van der Waals surface area contributed by atoms with Crippen LogP contribution in [0.25, 0.3) is 0 Å². The van der Waals surface area contributed by atoms with Gasteiger partial charge in [0.1, 0.15) is 0 Å². The molecule has 0 aromatic carbocycles. The van der Waals surface area contributed by atoms with Crippen LogP contribution in [-0.4, -0.2) is 26.3 Å². The molecule has 1 atom stereocenters. The fraction of sp³-hybridized carbons (Fsp3) is 0.250. The SMILES string of the molecule is C[C@H](NS(=O)(=O)c1csc(C(N)=O)c1)C(=O)[O-]. The zero-order valence-corrected chi connectivity index (χ0v) is 10.3. The zero-order chi connectivity index (χ0) is 13.2. The average molecular weight is 277 g/mol. The van der Waals surface area contributed by atoms with Gasteiger partial charge in [-0.15, -0.1) is 11.3 Å². The topological polar surface area (TPSA) is 129 Å². The number of nitrogens with two attached hydrogens (primary N) is 1. The summed E-state index contributed by atoms with van der Waals surface area (Å²) in [5, 5.41) is 11.6. The minimum absolute atomic E-state index is 0.0754. The predicted octanol–water partition coefficient (Wildman–Crippen LogP) is -1.74. The number of sulfonamides is 1. The maximum Gasteiger partial charge on any atom is 0.258 e. The molecule has 0 aliphatic heterocycles. The van der Waals surface area contributed by atoms with Gasteiger partial charge in [0.25, 0.3) is 5.91 Å². The summed E-state index contributed by atoms with van der Waals surface area (Å²) in [5.41, 5.74) is 4.97. The number of carbonyl (C=O) groups excluding carboxylic acids is 2. The monoisotopic (exact) mass is 277 g/mol. The van der Waals surface area contributed by atoms with Crippen molar-refractivity contribution >= 4 is 33.2 Å². The Balaban J connectivity index is 2.97. The molecular weight excluding hydrogens is 268 g/mol. The Bertz CT molecular complexity index is 548. The van der Waals surface area contributed by atoms with Crippen molar-refractivity contribution in [1.82, 2.24) is 4.72 Å². The standard InChI is InChI=1S/C8H10N2O5S2/c1-4(8(12)13)10-17(14,15)5-2-6(7(9)11)16-3-5/h2-4,10H,1H3,(H2,9,11)(H,12,13)/p-1/t4-/m0/s1. The molecule has 7 nitrogen and oxygen atoms in total. The molecule has 17 heavy (non-hydrogen) atoms.